The van der Waals surface area contributed by atoms with E-state index in [4.69, 9.17) is 16.3 Å². The van der Waals surface area contributed by atoms with E-state index in [1.54, 1.807) is 57.2 Å². The molecule has 204 valence electrons. The van der Waals surface area contributed by atoms with Crippen LogP contribution >= 0.6 is 11.6 Å². The van der Waals surface area contributed by atoms with Crippen molar-refractivity contribution in [2.45, 2.75) is 76.0 Å². The number of carbonyl (C=O) groups excluding carboxylic acids is 3. The third kappa shape index (κ3) is 3.51. The predicted molar refractivity (Wildman–Crippen MR) is 140 cm³/mol. The molecule has 0 bridgehead atoms. The second-order valence-electron chi connectivity index (χ2n) is 11.8. The number of fused-ring (bicyclic) bond motifs is 5. The summed E-state index contributed by atoms with van der Waals surface area (Å²) >= 11 is 5.99. The van der Waals surface area contributed by atoms with Crippen molar-refractivity contribution < 1.29 is 33.7 Å². The summed E-state index contributed by atoms with van der Waals surface area (Å²) in [4.78, 5) is 38.5. The van der Waals surface area contributed by atoms with Crippen LogP contribution in [0.3, 0.4) is 0 Å². The Morgan fingerprint density at radius 1 is 1.21 bits per heavy atom. The molecule has 1 aromatic rings. The van der Waals surface area contributed by atoms with Gasteiger partial charge in [-0.2, -0.15) is 0 Å². The molecule has 1 aromatic carbocycles. The molecule has 0 saturated heterocycles. The molecule has 8 heteroatoms. The third-order valence-corrected chi connectivity index (χ3v) is 10.4. The minimum Gasteiger partial charge on any atom is -0.390 e. The van der Waals surface area contributed by atoms with Gasteiger partial charge in [0.15, 0.2) is 28.6 Å². The average molecular weight is 545 g/mol. The van der Waals surface area contributed by atoms with E-state index in [0.29, 0.717) is 24.0 Å². The molecule has 2 N–H and O–H groups in total. The summed E-state index contributed by atoms with van der Waals surface area (Å²) in [6.45, 7) is 4.98. The zero-order valence-corrected chi connectivity index (χ0v) is 22.6. The van der Waals surface area contributed by atoms with Crippen LogP contribution in [0.25, 0.3) is 0 Å². The molecule has 9 atom stereocenters. The van der Waals surface area contributed by atoms with Gasteiger partial charge in [0.2, 0.25) is 0 Å². The molecule has 0 spiro atoms. The first-order valence-electron chi connectivity index (χ1n) is 13.2. The molecule has 4 aliphatic carbocycles. The Labute approximate surface area is 226 Å². The number of rotatable bonds is 6. The number of allylic oxidation sites excluding steroid dienone is 4. The maximum absolute atomic E-state index is 17.4. The molecule has 38 heavy (non-hydrogen) atoms. The third-order valence-electron chi connectivity index (χ3n) is 10.2. The SMILES string of the molecule is CC(O[C@@H]1C[C@H]2[C@@H]3CCC4=CC(=O)C=C[C@]4(C)C3(F)[C@@H](O)C[C@]2(C)[C@@]1(O)C(=O)CCl)C(=O)c1ccccc1. The van der Waals surface area contributed by atoms with Gasteiger partial charge in [-0.15, -0.1) is 11.6 Å². The Morgan fingerprint density at radius 2 is 1.89 bits per heavy atom. The van der Waals surface area contributed by atoms with Gasteiger partial charge in [-0.3, -0.25) is 14.4 Å². The van der Waals surface area contributed by atoms with Crippen molar-refractivity contribution in [1.29, 1.82) is 0 Å². The fourth-order valence-electron chi connectivity index (χ4n) is 8.10. The normalized spacial score (nSPS) is 42.5. The quantitative estimate of drug-likeness (QED) is 0.412. The molecule has 4 aliphatic rings. The first-order valence-corrected chi connectivity index (χ1v) is 13.8. The van der Waals surface area contributed by atoms with Gasteiger partial charge in [0.25, 0.3) is 0 Å². The molecular weight excluding hydrogens is 511 g/mol. The van der Waals surface area contributed by atoms with E-state index in [1.165, 1.54) is 12.2 Å². The van der Waals surface area contributed by atoms with Gasteiger partial charge in [-0.25, -0.2) is 4.39 Å². The molecular formula is C30H34ClFO6. The molecule has 3 fully saturated rings. The number of hydrogen-bond acceptors (Lipinski definition) is 6. The molecule has 6 nitrogen and oxygen atoms in total. The van der Waals surface area contributed by atoms with E-state index in [9.17, 15) is 24.6 Å². The second kappa shape index (κ2) is 9.19. The molecule has 0 radical (unpaired) electrons. The maximum atomic E-state index is 17.4. The largest absolute Gasteiger partial charge is 0.390 e. The Morgan fingerprint density at radius 3 is 2.55 bits per heavy atom. The first kappa shape index (κ1) is 27.4. The summed E-state index contributed by atoms with van der Waals surface area (Å²) in [7, 11) is 0. The molecule has 2 unspecified atom stereocenters. The van der Waals surface area contributed by atoms with E-state index in [0.717, 1.165) is 0 Å². The number of aliphatic hydroxyl groups excluding tert-OH is 1. The summed E-state index contributed by atoms with van der Waals surface area (Å²) < 4.78 is 23.6. The predicted octanol–water partition coefficient (Wildman–Crippen LogP) is 4.16. The van der Waals surface area contributed by atoms with Crippen molar-refractivity contribution in [1.82, 2.24) is 0 Å². The molecule has 0 aliphatic heterocycles. The van der Waals surface area contributed by atoms with Crippen molar-refractivity contribution in [2.24, 2.45) is 22.7 Å². The minimum atomic E-state index is -2.12. The summed E-state index contributed by atoms with van der Waals surface area (Å²) in [6, 6.07) is 8.59. The van der Waals surface area contributed by atoms with Crippen LogP contribution in [0.1, 0.15) is 56.8 Å². The molecule has 5 rings (SSSR count). The smallest absolute Gasteiger partial charge is 0.191 e. The van der Waals surface area contributed by atoms with Crippen LogP contribution in [-0.4, -0.2) is 63.0 Å². The zero-order chi connectivity index (χ0) is 27.7. The number of Topliss-reactive ketones (excluding diaryl/α,β-unsaturated/α-hetero) is 2. The number of ketones is 3. The Bertz CT molecular complexity index is 1230. The van der Waals surface area contributed by atoms with Crippen LogP contribution < -0.4 is 0 Å². The number of benzene rings is 1. The van der Waals surface area contributed by atoms with E-state index >= 15 is 4.39 Å². The fourth-order valence-corrected chi connectivity index (χ4v) is 8.30. The number of carbonyl (C=O) groups is 3. The highest BCUT2D eigenvalue weighted by molar-refractivity contribution is 6.29. The Hall–Kier alpha value is -2.19. The zero-order valence-electron chi connectivity index (χ0n) is 21.8. The summed E-state index contributed by atoms with van der Waals surface area (Å²) in [5, 5.41) is 23.6. The summed E-state index contributed by atoms with van der Waals surface area (Å²) in [6.07, 6.45) is 1.48. The lowest BCUT2D eigenvalue weighted by Crippen LogP contribution is -2.69. The highest BCUT2D eigenvalue weighted by Crippen LogP contribution is 2.70. The van der Waals surface area contributed by atoms with Crippen molar-refractivity contribution in [3.8, 4) is 0 Å². The van der Waals surface area contributed by atoms with Crippen molar-refractivity contribution in [3.05, 3.63) is 59.7 Å². The second-order valence-corrected chi connectivity index (χ2v) is 12.1. The number of ether oxygens (including phenoxy) is 1. The van der Waals surface area contributed by atoms with Gasteiger partial charge >= 0.3 is 0 Å². The number of aliphatic hydroxyl groups is 2. The van der Waals surface area contributed by atoms with Crippen molar-refractivity contribution >= 4 is 29.0 Å². The van der Waals surface area contributed by atoms with Gasteiger partial charge in [-0.05, 0) is 57.6 Å². The number of hydrogen-bond donors (Lipinski definition) is 2. The number of halogens is 2. The fraction of sp³-hybridized carbons (Fsp3) is 0.567. The van der Waals surface area contributed by atoms with Gasteiger partial charge in [0, 0.05) is 22.3 Å². The Balaban J connectivity index is 1.54. The van der Waals surface area contributed by atoms with Crippen LogP contribution in [0.15, 0.2) is 54.1 Å². The van der Waals surface area contributed by atoms with E-state index in [1.807, 2.05) is 0 Å². The monoisotopic (exact) mass is 544 g/mol. The van der Waals surface area contributed by atoms with Crippen LogP contribution in [0, 0.1) is 22.7 Å². The Kier molecular flexibility index (Phi) is 6.62. The molecule has 3 saturated carbocycles. The lowest BCUT2D eigenvalue weighted by Gasteiger charge is -2.62. The summed E-state index contributed by atoms with van der Waals surface area (Å²) in [5.41, 5.74) is -5.61. The van der Waals surface area contributed by atoms with Gasteiger partial charge in [0.1, 0.15) is 6.10 Å². The van der Waals surface area contributed by atoms with Crippen LogP contribution in [0.4, 0.5) is 4.39 Å². The van der Waals surface area contributed by atoms with Gasteiger partial charge in [-0.1, -0.05) is 48.9 Å². The van der Waals surface area contributed by atoms with E-state index in [2.05, 4.69) is 0 Å². The van der Waals surface area contributed by atoms with Gasteiger partial charge < -0.3 is 14.9 Å². The maximum Gasteiger partial charge on any atom is 0.191 e. The van der Waals surface area contributed by atoms with Crippen molar-refractivity contribution in [3.63, 3.8) is 0 Å². The van der Waals surface area contributed by atoms with E-state index < -0.39 is 63.9 Å². The minimum absolute atomic E-state index is 0.128. The van der Waals surface area contributed by atoms with Gasteiger partial charge in [0.05, 0.1) is 18.1 Å². The van der Waals surface area contributed by atoms with E-state index in [-0.39, 0.29) is 24.4 Å². The average Bonchev–Trinajstić information content (AvgIpc) is 3.11. The van der Waals surface area contributed by atoms with Crippen LogP contribution in [0.2, 0.25) is 0 Å². The molecule has 0 amide bonds. The lowest BCUT2D eigenvalue weighted by atomic mass is 9.44. The highest BCUT2D eigenvalue weighted by Gasteiger charge is 2.76. The topological polar surface area (TPSA) is 101 Å². The lowest BCUT2D eigenvalue weighted by molar-refractivity contribution is -0.223. The molecule has 0 aromatic heterocycles. The highest BCUT2D eigenvalue weighted by atomic mass is 35.5. The number of alkyl halides is 2. The van der Waals surface area contributed by atoms with Crippen molar-refractivity contribution in [2.75, 3.05) is 5.88 Å². The first-order chi connectivity index (χ1) is 17.8. The van der Waals surface area contributed by atoms with Crippen LogP contribution in [0.5, 0.6) is 0 Å². The standard InChI is InChI=1S/C30H34ClFO6/c1-17(26(36)18-7-5-4-6-8-18)38-25-14-22-21-10-9-19-13-20(33)11-12-27(19,2)29(21,32)23(34)15-28(22,3)30(25,37)24(35)16-31/h4-8,11-13,17,21-23,25,34,37H,9-10,14-16H2,1-3H3/t17?,21-,22-,23-,25+,27-,28-,29?,30+/m0/s1. The van der Waals surface area contributed by atoms with Crippen LogP contribution in [-0.2, 0) is 14.3 Å². The molecule has 0 heterocycles. The summed E-state index contributed by atoms with van der Waals surface area (Å²) in [5.74, 6) is -2.93.